The van der Waals surface area contributed by atoms with Crippen LogP contribution in [0.1, 0.15) is 88.1 Å². The molecule has 3 aromatic heterocycles. The van der Waals surface area contributed by atoms with Crippen molar-refractivity contribution in [2.24, 2.45) is 0 Å². The molecule has 0 spiro atoms. The maximum absolute atomic E-state index is 13.6. The standard InChI is InChI=1S/C32H40N8O5/c1-32(2,3)45-31(44)39-23-10-6-21(7-11-23)37-29(41)25-18-34-27(28-13-12-24-14-19(16-33)17-35-40(24)28)15-26(25)36-20-4-8-22(9-5-20)38-30(42)43/h12-15,17-18,20-23,38H,4-11H2,1-3H3,(H,34,36)(H,37,41)(H,39,44)(H,42,43). The van der Waals surface area contributed by atoms with E-state index < -0.39 is 17.8 Å². The third-order valence-corrected chi connectivity index (χ3v) is 8.24. The number of carbonyl (C=O) groups is 3. The Balaban J connectivity index is 1.30. The molecule has 2 aliphatic carbocycles. The molecule has 3 aromatic rings. The highest BCUT2D eigenvalue weighted by molar-refractivity contribution is 6.00. The zero-order valence-electron chi connectivity index (χ0n) is 25.8. The molecule has 0 saturated heterocycles. The van der Waals surface area contributed by atoms with Crippen molar-refractivity contribution in [3.8, 4) is 17.5 Å². The van der Waals surface area contributed by atoms with Gasteiger partial charge in [-0.1, -0.05) is 0 Å². The van der Waals surface area contributed by atoms with Gasteiger partial charge < -0.3 is 31.1 Å². The highest BCUT2D eigenvalue weighted by Crippen LogP contribution is 2.29. The summed E-state index contributed by atoms with van der Waals surface area (Å²) in [4.78, 5) is 41.6. The van der Waals surface area contributed by atoms with Crippen molar-refractivity contribution < 1.29 is 24.2 Å². The van der Waals surface area contributed by atoms with Gasteiger partial charge in [-0.05, 0) is 96.4 Å². The van der Waals surface area contributed by atoms with Gasteiger partial charge in [-0.25, -0.2) is 14.1 Å². The second kappa shape index (κ2) is 13.4. The van der Waals surface area contributed by atoms with Crippen LogP contribution in [0.3, 0.4) is 0 Å². The van der Waals surface area contributed by atoms with E-state index in [1.165, 1.54) is 6.20 Å². The van der Waals surface area contributed by atoms with Crippen LogP contribution in [0.25, 0.3) is 16.9 Å². The van der Waals surface area contributed by atoms with Crippen LogP contribution < -0.4 is 21.3 Å². The fourth-order valence-corrected chi connectivity index (χ4v) is 6.05. The number of aromatic nitrogens is 3. The number of nitrogens with zero attached hydrogens (tertiary/aromatic N) is 4. The fraction of sp³-hybridized carbons (Fsp3) is 0.500. The first-order valence-electron chi connectivity index (χ1n) is 15.4. The van der Waals surface area contributed by atoms with E-state index in [2.05, 4.69) is 37.4 Å². The lowest BCUT2D eigenvalue weighted by Gasteiger charge is -2.31. The molecule has 0 radical (unpaired) electrons. The molecule has 2 fully saturated rings. The Hall–Kier alpha value is -4.86. The number of carboxylic acid groups (broad SMARTS) is 1. The summed E-state index contributed by atoms with van der Waals surface area (Å²) in [5.41, 5.74) is 3.03. The van der Waals surface area contributed by atoms with Crippen LogP contribution in [0.15, 0.2) is 36.7 Å². The number of nitriles is 1. The lowest BCUT2D eigenvalue weighted by Crippen LogP contribution is -2.45. The van der Waals surface area contributed by atoms with Crippen molar-refractivity contribution >= 4 is 29.3 Å². The van der Waals surface area contributed by atoms with Gasteiger partial charge in [0.15, 0.2) is 0 Å². The predicted octanol–water partition coefficient (Wildman–Crippen LogP) is 4.82. The van der Waals surface area contributed by atoms with Gasteiger partial charge in [0.05, 0.1) is 39.9 Å². The third-order valence-electron chi connectivity index (χ3n) is 8.24. The smallest absolute Gasteiger partial charge is 0.407 e. The van der Waals surface area contributed by atoms with Gasteiger partial charge in [0.25, 0.3) is 5.91 Å². The van der Waals surface area contributed by atoms with Gasteiger partial charge in [0, 0.05) is 30.4 Å². The van der Waals surface area contributed by atoms with E-state index in [4.69, 9.17) is 9.84 Å². The minimum atomic E-state index is -1.02. The van der Waals surface area contributed by atoms with Crippen molar-refractivity contribution in [1.29, 1.82) is 5.26 Å². The van der Waals surface area contributed by atoms with Gasteiger partial charge in [0.1, 0.15) is 11.7 Å². The predicted molar refractivity (Wildman–Crippen MR) is 167 cm³/mol. The van der Waals surface area contributed by atoms with Crippen molar-refractivity contribution in [3.63, 3.8) is 0 Å². The number of amides is 3. The van der Waals surface area contributed by atoms with Gasteiger partial charge in [-0.2, -0.15) is 10.4 Å². The van der Waals surface area contributed by atoms with Crippen molar-refractivity contribution in [2.45, 2.75) is 102 Å². The number of pyridine rings is 1. The van der Waals surface area contributed by atoms with E-state index >= 15 is 0 Å². The first kappa shape index (κ1) is 31.6. The minimum absolute atomic E-state index is 0.00774. The lowest BCUT2D eigenvalue weighted by atomic mass is 9.90. The molecule has 238 valence electrons. The van der Waals surface area contributed by atoms with Crippen molar-refractivity contribution in [2.75, 3.05) is 5.32 Å². The number of alkyl carbamates (subject to hydrolysis) is 1. The van der Waals surface area contributed by atoms with Crippen LogP contribution in [0.2, 0.25) is 0 Å². The minimum Gasteiger partial charge on any atom is -0.465 e. The molecule has 5 N–H and O–H groups in total. The summed E-state index contributed by atoms with van der Waals surface area (Å²) in [5, 5.41) is 35.0. The monoisotopic (exact) mass is 616 g/mol. The fourth-order valence-electron chi connectivity index (χ4n) is 6.05. The van der Waals surface area contributed by atoms with E-state index in [0.29, 0.717) is 48.2 Å². The molecular formula is C32H40N8O5. The normalized spacial score (nSPS) is 21.7. The average molecular weight is 617 g/mol. The summed E-state index contributed by atoms with van der Waals surface area (Å²) in [7, 11) is 0. The quantitative estimate of drug-likeness (QED) is 0.248. The van der Waals surface area contributed by atoms with Gasteiger partial charge >= 0.3 is 12.2 Å². The number of ether oxygens (including phenoxy) is 1. The molecule has 0 aliphatic heterocycles. The topological polar surface area (TPSA) is 183 Å². The van der Waals surface area contributed by atoms with Gasteiger partial charge in [0.2, 0.25) is 0 Å². The second-order valence-corrected chi connectivity index (χ2v) is 12.8. The Morgan fingerprint density at radius 3 is 2.16 bits per heavy atom. The highest BCUT2D eigenvalue weighted by Gasteiger charge is 2.28. The maximum Gasteiger partial charge on any atom is 0.407 e. The molecular weight excluding hydrogens is 576 g/mol. The molecule has 0 bridgehead atoms. The molecule has 2 aliphatic rings. The summed E-state index contributed by atoms with van der Waals surface area (Å²) in [5.74, 6) is -0.238. The van der Waals surface area contributed by atoms with Crippen LogP contribution in [0.4, 0.5) is 15.3 Å². The zero-order valence-corrected chi connectivity index (χ0v) is 25.8. The number of carbonyl (C=O) groups excluding carboxylic acids is 2. The molecule has 0 unspecified atom stereocenters. The third kappa shape index (κ3) is 8.20. The average Bonchev–Trinajstić information content (AvgIpc) is 3.41. The van der Waals surface area contributed by atoms with E-state index in [9.17, 15) is 19.6 Å². The molecule has 45 heavy (non-hydrogen) atoms. The summed E-state index contributed by atoms with van der Waals surface area (Å²) in [6.07, 6.45) is 7.37. The Kier molecular flexibility index (Phi) is 9.41. The summed E-state index contributed by atoms with van der Waals surface area (Å²) < 4.78 is 7.08. The number of fused-ring (bicyclic) bond motifs is 1. The first-order valence-corrected chi connectivity index (χ1v) is 15.4. The van der Waals surface area contributed by atoms with Crippen LogP contribution >= 0.6 is 0 Å². The van der Waals surface area contributed by atoms with Gasteiger partial charge in [-0.15, -0.1) is 0 Å². The zero-order chi connectivity index (χ0) is 32.1. The summed E-state index contributed by atoms with van der Waals surface area (Å²) in [6, 6.07) is 9.34. The van der Waals surface area contributed by atoms with Crippen LogP contribution in [-0.2, 0) is 4.74 Å². The SMILES string of the molecule is CC(C)(C)OC(=O)NC1CCC(NC(=O)c2cnc(-c3ccc4cc(C#N)cnn34)cc2NC2CCC(NC(=O)O)CC2)CC1. The Labute approximate surface area is 261 Å². The second-order valence-electron chi connectivity index (χ2n) is 12.8. The summed E-state index contributed by atoms with van der Waals surface area (Å²) >= 11 is 0. The van der Waals surface area contributed by atoms with E-state index in [0.717, 1.165) is 36.9 Å². The molecule has 3 heterocycles. The van der Waals surface area contributed by atoms with E-state index in [1.54, 1.807) is 16.8 Å². The molecule has 5 rings (SSSR count). The Morgan fingerprint density at radius 1 is 0.911 bits per heavy atom. The Bertz CT molecular complexity index is 1590. The van der Waals surface area contributed by atoms with Crippen molar-refractivity contribution in [3.05, 3.63) is 47.8 Å². The number of nitrogens with one attached hydrogen (secondary N) is 4. The van der Waals surface area contributed by atoms with Crippen LogP contribution in [0.5, 0.6) is 0 Å². The van der Waals surface area contributed by atoms with E-state index in [1.807, 2.05) is 39.0 Å². The lowest BCUT2D eigenvalue weighted by molar-refractivity contribution is 0.0487. The molecule has 0 atom stereocenters. The number of hydrogen-bond donors (Lipinski definition) is 5. The number of anilines is 1. The maximum atomic E-state index is 13.6. The molecule has 2 saturated carbocycles. The van der Waals surface area contributed by atoms with E-state index in [-0.39, 0.29) is 30.1 Å². The summed E-state index contributed by atoms with van der Waals surface area (Å²) in [6.45, 7) is 5.48. The number of hydrogen-bond acceptors (Lipinski definition) is 8. The molecule has 13 nitrogen and oxygen atoms in total. The molecule has 3 amide bonds. The largest absolute Gasteiger partial charge is 0.465 e. The Morgan fingerprint density at radius 2 is 1.53 bits per heavy atom. The van der Waals surface area contributed by atoms with Crippen molar-refractivity contribution in [1.82, 2.24) is 30.5 Å². The molecule has 0 aromatic carbocycles. The molecule has 13 heteroatoms. The first-order chi connectivity index (χ1) is 21.5. The van der Waals surface area contributed by atoms with Crippen LogP contribution in [0, 0.1) is 11.3 Å². The van der Waals surface area contributed by atoms with Crippen LogP contribution in [-0.4, -0.2) is 67.6 Å². The highest BCUT2D eigenvalue weighted by atomic mass is 16.6. The number of rotatable bonds is 7. The van der Waals surface area contributed by atoms with Gasteiger partial charge in [-0.3, -0.25) is 9.78 Å².